The molecule has 1 aliphatic carbocycles. The van der Waals surface area contributed by atoms with Crippen LogP contribution in [0.3, 0.4) is 0 Å². The first-order valence-corrected chi connectivity index (χ1v) is 21.0. The molecule has 0 bridgehead atoms. The molecular weight excluding hydrogens is 635 g/mol. The van der Waals surface area contributed by atoms with Gasteiger partial charge in [0.15, 0.2) is 6.10 Å². The number of ether oxygens (including phenoxy) is 2. The molecule has 0 aliphatic heterocycles. The van der Waals surface area contributed by atoms with Crippen molar-refractivity contribution in [2.24, 2.45) is 11.8 Å². The summed E-state index contributed by atoms with van der Waals surface area (Å²) in [7, 11) is -4.60. The summed E-state index contributed by atoms with van der Waals surface area (Å²) < 4.78 is 32.6. The molecule has 0 aromatic carbocycles. The van der Waals surface area contributed by atoms with Crippen LogP contribution in [0.5, 0.6) is 0 Å². The second-order valence-corrected chi connectivity index (χ2v) is 15.3. The highest BCUT2D eigenvalue weighted by atomic mass is 31.2. The summed E-state index contributed by atoms with van der Waals surface area (Å²) in [6, 6.07) is 0. The van der Waals surface area contributed by atoms with E-state index in [1.54, 1.807) is 0 Å². The van der Waals surface area contributed by atoms with Crippen LogP contribution in [0.1, 0.15) is 174 Å². The number of esters is 2. The standard InChI is InChI=1S/C37H71O10P/c1-3-5-7-9-10-11-12-13-14-17-21-25-36(40)44-30-35(31-46-48(42,43)45-29-34(39)28-38)47-37(41)26-22-18-15-16-20-24-33-27-32(33)23-19-8-6-4-2/h32-35,38-39H,3-31H2,1-2H3,(H,42,43)/t32-,33+,34-,35+/m0/s1. The molecule has 0 spiro atoms. The Bertz CT molecular complexity index is 841. The molecule has 0 aromatic heterocycles. The molecule has 0 aromatic rings. The summed E-state index contributed by atoms with van der Waals surface area (Å²) in [5.74, 6) is 0.971. The number of hydrogen-bond acceptors (Lipinski definition) is 9. The molecule has 1 saturated carbocycles. The van der Waals surface area contributed by atoms with Gasteiger partial charge in [-0.15, -0.1) is 0 Å². The Hall–Kier alpha value is -1.03. The van der Waals surface area contributed by atoms with Crippen LogP contribution in [0.2, 0.25) is 0 Å². The molecule has 0 saturated heterocycles. The van der Waals surface area contributed by atoms with Crippen molar-refractivity contribution in [3.8, 4) is 0 Å². The molecule has 0 radical (unpaired) electrons. The fraction of sp³-hybridized carbons (Fsp3) is 0.946. The number of phosphoric acid groups is 1. The average Bonchev–Trinajstić information content (AvgIpc) is 3.83. The summed E-state index contributed by atoms with van der Waals surface area (Å²) in [5.41, 5.74) is 0. The molecule has 284 valence electrons. The lowest BCUT2D eigenvalue weighted by Crippen LogP contribution is -2.29. The molecule has 0 amide bonds. The number of aliphatic hydroxyl groups is 2. The van der Waals surface area contributed by atoms with Gasteiger partial charge in [-0.05, 0) is 31.1 Å². The first-order chi connectivity index (χ1) is 23.2. The van der Waals surface area contributed by atoms with Crippen LogP contribution in [0.25, 0.3) is 0 Å². The molecule has 1 fully saturated rings. The molecule has 1 aliphatic rings. The van der Waals surface area contributed by atoms with Gasteiger partial charge >= 0.3 is 19.8 Å². The van der Waals surface area contributed by atoms with Crippen LogP contribution in [0.4, 0.5) is 0 Å². The van der Waals surface area contributed by atoms with E-state index in [0.717, 1.165) is 50.4 Å². The third-order valence-corrected chi connectivity index (χ3v) is 10.2. The number of phosphoric ester groups is 1. The van der Waals surface area contributed by atoms with Gasteiger partial charge in [0, 0.05) is 12.8 Å². The van der Waals surface area contributed by atoms with Crippen molar-refractivity contribution in [3.63, 3.8) is 0 Å². The van der Waals surface area contributed by atoms with Gasteiger partial charge in [0.25, 0.3) is 0 Å². The van der Waals surface area contributed by atoms with Gasteiger partial charge in [0.05, 0.1) is 19.8 Å². The van der Waals surface area contributed by atoms with Gasteiger partial charge in [-0.1, -0.05) is 142 Å². The minimum Gasteiger partial charge on any atom is -0.462 e. The van der Waals surface area contributed by atoms with E-state index in [-0.39, 0.29) is 19.4 Å². The Morgan fingerprint density at radius 3 is 1.60 bits per heavy atom. The Balaban J connectivity index is 2.29. The van der Waals surface area contributed by atoms with Crippen molar-refractivity contribution in [1.82, 2.24) is 0 Å². The van der Waals surface area contributed by atoms with Gasteiger partial charge in [0.1, 0.15) is 12.7 Å². The van der Waals surface area contributed by atoms with E-state index in [2.05, 4.69) is 18.4 Å². The van der Waals surface area contributed by atoms with Crippen LogP contribution in [-0.4, -0.2) is 65.7 Å². The summed E-state index contributed by atoms with van der Waals surface area (Å²) in [6.07, 6.45) is 25.5. The maximum Gasteiger partial charge on any atom is 0.472 e. The highest BCUT2D eigenvalue weighted by molar-refractivity contribution is 7.47. The Morgan fingerprint density at radius 2 is 1.08 bits per heavy atom. The number of rotatable bonds is 35. The van der Waals surface area contributed by atoms with Crippen molar-refractivity contribution in [2.45, 2.75) is 187 Å². The number of carbonyl (C=O) groups is 2. The number of aliphatic hydroxyl groups excluding tert-OH is 2. The number of hydrogen-bond donors (Lipinski definition) is 3. The van der Waals surface area contributed by atoms with Crippen molar-refractivity contribution in [2.75, 3.05) is 26.4 Å². The van der Waals surface area contributed by atoms with Gasteiger partial charge in [-0.2, -0.15) is 0 Å². The smallest absolute Gasteiger partial charge is 0.462 e. The predicted molar refractivity (Wildman–Crippen MR) is 189 cm³/mol. The first-order valence-electron chi connectivity index (χ1n) is 19.5. The topological polar surface area (TPSA) is 149 Å². The Kier molecular flexibility index (Phi) is 27.8. The molecule has 1 rings (SSSR count). The van der Waals surface area contributed by atoms with Crippen LogP contribution in [-0.2, 0) is 32.7 Å². The molecule has 10 nitrogen and oxygen atoms in total. The average molecular weight is 707 g/mol. The molecule has 0 heterocycles. The number of carbonyl (C=O) groups excluding carboxylic acids is 2. The van der Waals surface area contributed by atoms with E-state index in [0.29, 0.717) is 12.8 Å². The zero-order valence-corrected chi connectivity index (χ0v) is 31.4. The van der Waals surface area contributed by atoms with E-state index >= 15 is 0 Å². The molecule has 1 unspecified atom stereocenters. The van der Waals surface area contributed by atoms with Crippen LogP contribution < -0.4 is 0 Å². The van der Waals surface area contributed by atoms with E-state index in [4.69, 9.17) is 19.1 Å². The summed E-state index contributed by atoms with van der Waals surface area (Å²) in [6.45, 7) is 2.39. The maximum absolute atomic E-state index is 12.6. The highest BCUT2D eigenvalue weighted by Crippen LogP contribution is 2.46. The molecule has 48 heavy (non-hydrogen) atoms. The monoisotopic (exact) mass is 706 g/mol. The van der Waals surface area contributed by atoms with Crippen molar-refractivity contribution in [1.29, 1.82) is 0 Å². The largest absolute Gasteiger partial charge is 0.472 e. The highest BCUT2D eigenvalue weighted by Gasteiger charge is 2.35. The lowest BCUT2D eigenvalue weighted by atomic mass is 10.0. The van der Waals surface area contributed by atoms with Gasteiger partial charge in [-0.25, -0.2) is 4.57 Å². The summed E-state index contributed by atoms with van der Waals surface area (Å²) >= 11 is 0. The Labute approximate surface area is 292 Å². The predicted octanol–water partition coefficient (Wildman–Crippen LogP) is 8.97. The maximum atomic E-state index is 12.6. The second kappa shape index (κ2) is 29.7. The minimum absolute atomic E-state index is 0.196. The van der Waals surface area contributed by atoms with Crippen LogP contribution in [0, 0.1) is 11.8 Å². The lowest BCUT2D eigenvalue weighted by molar-refractivity contribution is -0.161. The van der Waals surface area contributed by atoms with Gasteiger partial charge < -0.3 is 24.6 Å². The fourth-order valence-electron chi connectivity index (χ4n) is 6.06. The minimum atomic E-state index is -4.60. The van der Waals surface area contributed by atoms with Crippen LogP contribution >= 0.6 is 7.82 Å². The zero-order chi connectivity index (χ0) is 35.3. The third kappa shape index (κ3) is 26.8. The number of unbranched alkanes of at least 4 members (excludes halogenated alkanes) is 17. The molecule has 11 heteroatoms. The second-order valence-electron chi connectivity index (χ2n) is 13.9. The summed E-state index contributed by atoms with van der Waals surface area (Å²) in [4.78, 5) is 34.8. The summed E-state index contributed by atoms with van der Waals surface area (Å²) in [5, 5.41) is 18.3. The van der Waals surface area contributed by atoms with Crippen molar-refractivity contribution in [3.05, 3.63) is 0 Å². The van der Waals surface area contributed by atoms with Gasteiger partial charge in [0.2, 0.25) is 0 Å². The molecule has 3 N–H and O–H groups in total. The quantitative estimate of drug-likeness (QED) is 0.0331. The van der Waals surface area contributed by atoms with Crippen molar-refractivity contribution < 1.29 is 47.8 Å². The SMILES string of the molecule is CCCCCCCCCCCCCC(=O)OC[C@H](COP(=O)(O)OC[C@@H](O)CO)OC(=O)CCCCCCC[C@@H]1C[C@@H]1CCCCCC. The van der Waals surface area contributed by atoms with E-state index in [1.807, 2.05) is 0 Å². The van der Waals surface area contributed by atoms with Crippen LogP contribution in [0.15, 0.2) is 0 Å². The molecular formula is C37H71O10P. The normalized spacial score (nSPS) is 18.3. The van der Waals surface area contributed by atoms with E-state index in [9.17, 15) is 24.2 Å². The fourth-order valence-corrected chi connectivity index (χ4v) is 6.85. The van der Waals surface area contributed by atoms with E-state index in [1.165, 1.54) is 96.3 Å². The van der Waals surface area contributed by atoms with Crippen molar-refractivity contribution >= 4 is 19.8 Å². The third-order valence-electron chi connectivity index (χ3n) is 9.23. The lowest BCUT2D eigenvalue weighted by Gasteiger charge is -2.20. The van der Waals surface area contributed by atoms with E-state index < -0.39 is 51.8 Å². The Morgan fingerprint density at radius 1 is 0.646 bits per heavy atom. The van der Waals surface area contributed by atoms with Gasteiger partial charge in [-0.3, -0.25) is 18.6 Å². The first kappa shape index (κ1) is 45.0. The zero-order valence-electron chi connectivity index (χ0n) is 30.5. The molecule has 5 atom stereocenters.